The largest absolute Gasteiger partial charge is 0.459 e. The van der Waals surface area contributed by atoms with Crippen molar-refractivity contribution in [3.63, 3.8) is 0 Å². The maximum Gasteiger partial charge on any atom is 0.309 e. The van der Waals surface area contributed by atoms with E-state index in [0.29, 0.717) is 5.92 Å². The summed E-state index contributed by atoms with van der Waals surface area (Å²) in [6.45, 7) is 2.17. The van der Waals surface area contributed by atoms with Crippen LogP contribution in [0.1, 0.15) is 58.3 Å². The number of carbonyl (C=O) groups is 1. The van der Waals surface area contributed by atoms with Crippen LogP contribution in [-0.4, -0.2) is 11.6 Å². The van der Waals surface area contributed by atoms with Crippen molar-refractivity contribution in [1.29, 1.82) is 0 Å². The molecule has 0 aromatic carbocycles. The Morgan fingerprint density at radius 3 is 2.50 bits per heavy atom. The van der Waals surface area contributed by atoms with E-state index in [1.807, 2.05) is 0 Å². The van der Waals surface area contributed by atoms with Crippen molar-refractivity contribution in [3.8, 4) is 0 Å². The molecule has 0 N–H and O–H groups in total. The maximum absolute atomic E-state index is 12.9. The van der Waals surface area contributed by atoms with Crippen molar-refractivity contribution < 1.29 is 9.53 Å². The van der Waals surface area contributed by atoms with Gasteiger partial charge in [0, 0.05) is 0 Å². The fourth-order valence-electron chi connectivity index (χ4n) is 7.01. The minimum atomic E-state index is -0.162. The molecule has 0 heterocycles. The van der Waals surface area contributed by atoms with Crippen LogP contribution in [0.25, 0.3) is 0 Å². The van der Waals surface area contributed by atoms with E-state index in [4.69, 9.17) is 4.74 Å². The lowest BCUT2D eigenvalue weighted by Crippen LogP contribution is -2.40. The van der Waals surface area contributed by atoms with Gasteiger partial charge in [-0.15, -0.1) is 0 Å². The quantitative estimate of drug-likeness (QED) is 0.430. The zero-order valence-corrected chi connectivity index (χ0v) is 13.7. The number of rotatable bonds is 2. The molecule has 5 rings (SSSR count). The van der Waals surface area contributed by atoms with Gasteiger partial charge in [0.15, 0.2) is 0 Å². The van der Waals surface area contributed by atoms with Crippen molar-refractivity contribution in [2.45, 2.75) is 63.9 Å². The molecule has 22 heavy (non-hydrogen) atoms. The molecule has 0 amide bonds. The number of allylic oxidation sites excluding steroid dienone is 2. The average molecular weight is 300 g/mol. The lowest BCUT2D eigenvalue weighted by Gasteiger charge is -2.38. The first kappa shape index (κ1) is 13.6. The summed E-state index contributed by atoms with van der Waals surface area (Å²) in [7, 11) is 0. The highest BCUT2D eigenvalue weighted by molar-refractivity contribution is 5.74. The van der Waals surface area contributed by atoms with Gasteiger partial charge in [0.05, 0.1) is 5.92 Å². The van der Waals surface area contributed by atoms with Crippen LogP contribution in [0.2, 0.25) is 0 Å². The summed E-state index contributed by atoms with van der Waals surface area (Å²) in [6, 6.07) is 0. The Labute approximate surface area is 133 Å². The van der Waals surface area contributed by atoms with Gasteiger partial charge in [0.2, 0.25) is 0 Å². The second-order valence-corrected chi connectivity index (χ2v) is 9.04. The Hall–Kier alpha value is -0.790. The third-order valence-corrected chi connectivity index (χ3v) is 7.83. The van der Waals surface area contributed by atoms with Crippen LogP contribution >= 0.6 is 0 Å². The highest BCUT2D eigenvalue weighted by Gasteiger charge is 2.62. The van der Waals surface area contributed by atoms with Gasteiger partial charge in [-0.2, -0.15) is 0 Å². The van der Waals surface area contributed by atoms with E-state index in [1.54, 1.807) is 0 Å². The normalized spacial score (nSPS) is 50.3. The number of carbonyl (C=O) groups excluding carboxylic acids is 1. The maximum atomic E-state index is 12.9. The third-order valence-electron chi connectivity index (χ3n) is 7.83. The van der Waals surface area contributed by atoms with Crippen molar-refractivity contribution in [2.75, 3.05) is 0 Å². The standard InChI is InChI=1S/C20H28O2/c1-20(7-3-2-4-8-20)22-19(21)16-11-14-10-15(16)18-13-6-5-12(9-13)17(14)18/h5-6,12-18H,2-4,7-11H2,1H3. The third kappa shape index (κ3) is 1.82. The van der Waals surface area contributed by atoms with Gasteiger partial charge in [-0.3, -0.25) is 4.79 Å². The molecule has 7 atom stereocenters. The molecule has 5 aliphatic rings. The van der Waals surface area contributed by atoms with Crippen molar-refractivity contribution in [1.82, 2.24) is 0 Å². The summed E-state index contributed by atoms with van der Waals surface area (Å²) in [5, 5.41) is 0. The Balaban J connectivity index is 1.31. The predicted octanol–water partition coefficient (Wildman–Crippen LogP) is 4.35. The SMILES string of the molecule is CC1(OC(=O)C2CC3CC2C2C4C=CC(C4)C32)CCCCC1. The molecule has 120 valence electrons. The number of hydrogen-bond acceptors (Lipinski definition) is 2. The number of ether oxygens (including phenoxy) is 1. The molecule has 0 saturated heterocycles. The van der Waals surface area contributed by atoms with Crippen molar-refractivity contribution >= 4 is 5.97 Å². The fourth-order valence-corrected chi connectivity index (χ4v) is 7.01. The first-order chi connectivity index (χ1) is 10.6. The molecule has 2 heteroatoms. The van der Waals surface area contributed by atoms with Gasteiger partial charge in [-0.05, 0) is 87.4 Å². The molecule has 2 nitrogen and oxygen atoms in total. The topological polar surface area (TPSA) is 26.3 Å². The summed E-state index contributed by atoms with van der Waals surface area (Å²) >= 11 is 0. The molecular weight excluding hydrogens is 272 g/mol. The highest BCUT2D eigenvalue weighted by atomic mass is 16.6. The Morgan fingerprint density at radius 1 is 1.00 bits per heavy atom. The molecule has 4 fully saturated rings. The summed E-state index contributed by atoms with van der Waals surface area (Å²) in [5.41, 5.74) is -0.162. The smallest absolute Gasteiger partial charge is 0.309 e. The van der Waals surface area contributed by atoms with E-state index in [1.165, 1.54) is 32.1 Å². The molecule has 7 unspecified atom stereocenters. The number of hydrogen-bond donors (Lipinski definition) is 0. The van der Waals surface area contributed by atoms with Gasteiger partial charge < -0.3 is 4.74 Å². The molecule has 0 radical (unpaired) electrons. The second-order valence-electron chi connectivity index (χ2n) is 9.04. The van der Waals surface area contributed by atoms with E-state index in [-0.39, 0.29) is 17.5 Å². The summed E-state index contributed by atoms with van der Waals surface area (Å²) in [5.74, 6) is 5.17. The minimum Gasteiger partial charge on any atom is -0.459 e. The second kappa shape index (κ2) is 4.61. The molecule has 4 saturated carbocycles. The molecule has 0 aromatic rings. The molecule has 0 aliphatic heterocycles. The van der Waals surface area contributed by atoms with Crippen molar-refractivity contribution in [2.24, 2.45) is 41.4 Å². The average Bonchev–Trinajstić information content (AvgIpc) is 3.25. The van der Waals surface area contributed by atoms with E-state index < -0.39 is 0 Å². The lowest BCUT2D eigenvalue weighted by molar-refractivity contribution is -0.169. The van der Waals surface area contributed by atoms with Crippen LogP contribution in [0.15, 0.2) is 12.2 Å². The molecule has 0 aromatic heterocycles. The first-order valence-corrected chi connectivity index (χ1v) is 9.56. The van der Waals surface area contributed by atoms with Gasteiger partial charge >= 0.3 is 5.97 Å². The van der Waals surface area contributed by atoms with Gasteiger partial charge in [-0.25, -0.2) is 0 Å². The van der Waals surface area contributed by atoms with Gasteiger partial charge in [0.25, 0.3) is 0 Å². The first-order valence-electron chi connectivity index (χ1n) is 9.56. The zero-order valence-electron chi connectivity index (χ0n) is 13.7. The van der Waals surface area contributed by atoms with Crippen LogP contribution in [0.5, 0.6) is 0 Å². The monoisotopic (exact) mass is 300 g/mol. The minimum absolute atomic E-state index is 0.155. The van der Waals surface area contributed by atoms with E-state index in [0.717, 1.165) is 48.9 Å². The Morgan fingerprint density at radius 2 is 1.73 bits per heavy atom. The van der Waals surface area contributed by atoms with E-state index in [2.05, 4.69) is 19.1 Å². The number of esters is 1. The van der Waals surface area contributed by atoms with Crippen LogP contribution < -0.4 is 0 Å². The summed E-state index contributed by atoms with van der Waals surface area (Å²) in [4.78, 5) is 12.9. The molecular formula is C20H28O2. The lowest BCUT2D eigenvalue weighted by atomic mass is 9.69. The zero-order chi connectivity index (χ0) is 14.9. The van der Waals surface area contributed by atoms with Gasteiger partial charge in [0.1, 0.15) is 5.60 Å². The predicted molar refractivity (Wildman–Crippen MR) is 85.0 cm³/mol. The van der Waals surface area contributed by atoms with Crippen LogP contribution in [0, 0.1) is 41.4 Å². The fraction of sp³-hybridized carbons (Fsp3) is 0.850. The van der Waals surface area contributed by atoms with Gasteiger partial charge in [-0.1, -0.05) is 18.6 Å². The summed E-state index contributed by atoms with van der Waals surface area (Å²) < 4.78 is 6.09. The van der Waals surface area contributed by atoms with Crippen LogP contribution in [0.3, 0.4) is 0 Å². The van der Waals surface area contributed by atoms with E-state index in [9.17, 15) is 4.79 Å². The number of fused-ring (bicyclic) bond motifs is 9. The van der Waals surface area contributed by atoms with E-state index >= 15 is 0 Å². The Kier molecular flexibility index (Phi) is 2.86. The molecule has 5 aliphatic carbocycles. The summed E-state index contributed by atoms with van der Waals surface area (Å²) in [6.07, 6.45) is 14.6. The molecule has 4 bridgehead atoms. The molecule has 0 spiro atoms. The highest BCUT2D eigenvalue weighted by Crippen LogP contribution is 2.67. The van der Waals surface area contributed by atoms with Crippen molar-refractivity contribution in [3.05, 3.63) is 12.2 Å². The van der Waals surface area contributed by atoms with Crippen LogP contribution in [0.4, 0.5) is 0 Å². The van der Waals surface area contributed by atoms with Crippen LogP contribution in [-0.2, 0) is 9.53 Å². The Bertz CT molecular complexity index is 516.